The van der Waals surface area contributed by atoms with Crippen LogP contribution in [0.4, 0.5) is 10.6 Å². The Balaban J connectivity index is 1.78. The van der Waals surface area contributed by atoms with Crippen LogP contribution in [0.5, 0.6) is 0 Å². The van der Waals surface area contributed by atoms with Gasteiger partial charge in [0, 0.05) is 30.3 Å². The molecule has 1 spiro atoms. The zero-order valence-corrected chi connectivity index (χ0v) is 15.6. The first kappa shape index (κ1) is 18.0. The number of ether oxygens (including phenoxy) is 1. The highest BCUT2D eigenvalue weighted by atomic mass is 16.5. The Hall–Kier alpha value is -1.82. The number of piperidine rings is 1. The fraction of sp³-hybridized carbons (Fsp3) is 0.684. The molecule has 2 atom stereocenters. The minimum absolute atomic E-state index is 0.0388. The summed E-state index contributed by atoms with van der Waals surface area (Å²) in [5, 5.41) is 11.9. The van der Waals surface area contributed by atoms with Crippen molar-refractivity contribution in [2.24, 2.45) is 5.41 Å². The van der Waals surface area contributed by atoms with E-state index in [1.807, 2.05) is 19.2 Å². The molecule has 0 radical (unpaired) electrons. The summed E-state index contributed by atoms with van der Waals surface area (Å²) < 4.78 is 5.82. The molecule has 2 N–H and O–H groups in total. The standard InChI is InChI=1S/C19H29N3O3/c1-13-15(21-17(23)24)19(12-25-13)7-10-22(11-8-19)16-14(18(2,3)4)6-5-9-20-16/h5-6,9,13,15,21H,7-8,10-12H2,1-4H3,(H,23,24)/t13-,15+/m0/s1. The Kier molecular flexibility index (Phi) is 4.66. The zero-order valence-electron chi connectivity index (χ0n) is 15.6. The maximum Gasteiger partial charge on any atom is 0.404 e. The maximum atomic E-state index is 11.2. The van der Waals surface area contributed by atoms with Gasteiger partial charge in [-0.25, -0.2) is 9.78 Å². The van der Waals surface area contributed by atoms with E-state index in [1.54, 1.807) is 0 Å². The SMILES string of the molecule is C[C@@H]1OCC2(CCN(c3ncccc3C(C)(C)C)CC2)[C@@H]1NC(=O)O. The highest BCUT2D eigenvalue weighted by Crippen LogP contribution is 2.43. The number of nitrogens with zero attached hydrogens (tertiary/aromatic N) is 2. The van der Waals surface area contributed by atoms with Crippen LogP contribution in [0, 0.1) is 5.41 Å². The molecule has 1 aromatic heterocycles. The molecule has 0 bridgehead atoms. The first-order valence-electron chi connectivity index (χ1n) is 9.04. The molecule has 0 saturated carbocycles. The van der Waals surface area contributed by atoms with Gasteiger partial charge in [-0.15, -0.1) is 0 Å². The van der Waals surface area contributed by atoms with Gasteiger partial charge in [0.2, 0.25) is 0 Å². The molecule has 3 rings (SSSR count). The van der Waals surface area contributed by atoms with Crippen molar-refractivity contribution in [2.75, 3.05) is 24.6 Å². The number of amides is 1. The van der Waals surface area contributed by atoms with E-state index in [2.05, 4.69) is 42.0 Å². The second-order valence-corrected chi connectivity index (χ2v) is 8.42. The number of rotatable bonds is 2. The third-order valence-corrected chi connectivity index (χ3v) is 5.70. The summed E-state index contributed by atoms with van der Waals surface area (Å²) in [4.78, 5) is 18.2. The van der Waals surface area contributed by atoms with Crippen molar-refractivity contribution in [3.8, 4) is 0 Å². The predicted octanol–water partition coefficient (Wildman–Crippen LogP) is 3.02. The molecule has 2 saturated heterocycles. The minimum Gasteiger partial charge on any atom is -0.465 e. The largest absolute Gasteiger partial charge is 0.465 e. The van der Waals surface area contributed by atoms with Crippen LogP contribution in [0.2, 0.25) is 0 Å². The normalized spacial score (nSPS) is 26.0. The van der Waals surface area contributed by atoms with Crippen molar-refractivity contribution in [1.82, 2.24) is 10.3 Å². The van der Waals surface area contributed by atoms with Crippen molar-refractivity contribution in [1.29, 1.82) is 0 Å². The highest BCUT2D eigenvalue weighted by molar-refractivity contribution is 5.65. The van der Waals surface area contributed by atoms with E-state index in [1.165, 1.54) is 5.56 Å². The number of hydrogen-bond donors (Lipinski definition) is 2. The number of carbonyl (C=O) groups is 1. The second kappa shape index (κ2) is 6.48. The Bertz CT molecular complexity index is 633. The molecule has 6 heteroatoms. The highest BCUT2D eigenvalue weighted by Gasteiger charge is 2.50. The quantitative estimate of drug-likeness (QED) is 0.860. The maximum absolute atomic E-state index is 11.2. The molecule has 0 aliphatic carbocycles. The van der Waals surface area contributed by atoms with E-state index in [-0.39, 0.29) is 23.0 Å². The van der Waals surface area contributed by atoms with Crippen LogP contribution in [0.25, 0.3) is 0 Å². The average Bonchev–Trinajstić information content (AvgIpc) is 2.84. The molecule has 2 fully saturated rings. The number of anilines is 1. The van der Waals surface area contributed by atoms with Crippen LogP contribution in [-0.2, 0) is 10.2 Å². The fourth-order valence-corrected chi connectivity index (χ4v) is 4.24. The number of nitrogens with one attached hydrogen (secondary N) is 1. The lowest BCUT2D eigenvalue weighted by molar-refractivity contribution is 0.0970. The third-order valence-electron chi connectivity index (χ3n) is 5.70. The van der Waals surface area contributed by atoms with E-state index >= 15 is 0 Å². The molecule has 1 aromatic rings. The molecule has 0 aromatic carbocycles. The molecule has 25 heavy (non-hydrogen) atoms. The lowest BCUT2D eigenvalue weighted by Crippen LogP contribution is -2.54. The molecule has 3 heterocycles. The summed E-state index contributed by atoms with van der Waals surface area (Å²) in [6.45, 7) is 10.9. The molecule has 0 unspecified atom stereocenters. The van der Waals surface area contributed by atoms with Crippen LogP contribution in [0.3, 0.4) is 0 Å². The van der Waals surface area contributed by atoms with Crippen LogP contribution in [-0.4, -0.2) is 48.0 Å². The lowest BCUT2D eigenvalue weighted by Gasteiger charge is -2.43. The van der Waals surface area contributed by atoms with E-state index < -0.39 is 6.09 Å². The summed E-state index contributed by atoms with van der Waals surface area (Å²) in [5.41, 5.74) is 1.18. The van der Waals surface area contributed by atoms with Gasteiger partial charge in [0.25, 0.3) is 0 Å². The molecule has 1 amide bonds. The number of aromatic nitrogens is 1. The fourth-order valence-electron chi connectivity index (χ4n) is 4.24. The van der Waals surface area contributed by atoms with Gasteiger partial charge in [0.1, 0.15) is 5.82 Å². The topological polar surface area (TPSA) is 74.7 Å². The number of pyridine rings is 1. The van der Waals surface area contributed by atoms with Crippen LogP contribution in [0.1, 0.15) is 46.1 Å². The van der Waals surface area contributed by atoms with Gasteiger partial charge in [0.15, 0.2) is 0 Å². The molecule has 2 aliphatic heterocycles. The van der Waals surface area contributed by atoms with Crippen LogP contribution < -0.4 is 10.2 Å². The average molecular weight is 347 g/mol. The van der Waals surface area contributed by atoms with E-state index in [9.17, 15) is 9.90 Å². The van der Waals surface area contributed by atoms with Gasteiger partial charge >= 0.3 is 6.09 Å². The molecule has 138 valence electrons. The van der Waals surface area contributed by atoms with Gasteiger partial charge < -0.3 is 20.1 Å². The third kappa shape index (κ3) is 3.45. The van der Waals surface area contributed by atoms with Gasteiger partial charge in [-0.3, -0.25) is 0 Å². The van der Waals surface area contributed by atoms with Crippen molar-refractivity contribution in [3.05, 3.63) is 23.9 Å². The van der Waals surface area contributed by atoms with Crippen molar-refractivity contribution in [3.63, 3.8) is 0 Å². The van der Waals surface area contributed by atoms with Crippen LogP contribution >= 0.6 is 0 Å². The van der Waals surface area contributed by atoms with E-state index in [0.29, 0.717) is 6.61 Å². The smallest absolute Gasteiger partial charge is 0.404 e. The number of carboxylic acid groups (broad SMARTS) is 1. The summed E-state index contributed by atoms with van der Waals surface area (Å²) in [5.74, 6) is 1.06. The van der Waals surface area contributed by atoms with Gasteiger partial charge in [-0.05, 0) is 31.2 Å². The number of hydrogen-bond acceptors (Lipinski definition) is 4. The lowest BCUT2D eigenvalue weighted by atomic mass is 9.73. The predicted molar refractivity (Wildman–Crippen MR) is 97.2 cm³/mol. The first-order valence-corrected chi connectivity index (χ1v) is 9.04. The summed E-state index contributed by atoms with van der Waals surface area (Å²) in [7, 11) is 0. The summed E-state index contributed by atoms with van der Waals surface area (Å²) in [6, 6.07) is 4.01. The minimum atomic E-state index is -0.969. The second-order valence-electron chi connectivity index (χ2n) is 8.42. The Labute approximate surface area is 149 Å². The van der Waals surface area contributed by atoms with Crippen LogP contribution in [0.15, 0.2) is 18.3 Å². The van der Waals surface area contributed by atoms with Crippen molar-refractivity contribution >= 4 is 11.9 Å². The summed E-state index contributed by atoms with van der Waals surface area (Å²) >= 11 is 0. The molecular formula is C19H29N3O3. The monoisotopic (exact) mass is 347 g/mol. The van der Waals surface area contributed by atoms with Gasteiger partial charge in [-0.2, -0.15) is 0 Å². The molecule has 2 aliphatic rings. The Morgan fingerprint density at radius 1 is 1.40 bits per heavy atom. The Morgan fingerprint density at radius 2 is 2.08 bits per heavy atom. The Morgan fingerprint density at radius 3 is 2.68 bits per heavy atom. The van der Waals surface area contributed by atoms with Gasteiger partial charge in [-0.1, -0.05) is 26.8 Å². The van der Waals surface area contributed by atoms with Gasteiger partial charge in [0.05, 0.1) is 18.8 Å². The van der Waals surface area contributed by atoms with E-state index in [4.69, 9.17) is 4.74 Å². The zero-order chi connectivity index (χ0) is 18.2. The molecular weight excluding hydrogens is 318 g/mol. The molecule has 6 nitrogen and oxygen atoms in total. The summed E-state index contributed by atoms with van der Waals surface area (Å²) in [6.07, 6.45) is 2.61. The first-order chi connectivity index (χ1) is 11.7. The van der Waals surface area contributed by atoms with Crippen molar-refractivity contribution < 1.29 is 14.6 Å². The van der Waals surface area contributed by atoms with E-state index in [0.717, 1.165) is 31.7 Å². The van der Waals surface area contributed by atoms with Crippen molar-refractivity contribution in [2.45, 2.75) is 58.1 Å².